The highest BCUT2D eigenvalue weighted by Crippen LogP contribution is 2.24. The van der Waals surface area contributed by atoms with Gasteiger partial charge in [-0.25, -0.2) is 15.0 Å². The molecular weight excluding hydrogens is 316 g/mol. The topological polar surface area (TPSA) is 83.9 Å². The minimum atomic E-state index is -0.115. The normalized spacial score (nSPS) is 15.3. The zero-order valence-electron chi connectivity index (χ0n) is 13.7. The average molecular weight is 334 g/mol. The molecule has 0 bridgehead atoms. The third kappa shape index (κ3) is 3.26. The number of fused-ring (bicyclic) bond motifs is 1. The standard InChI is InChI=1S/C18H18N6O/c25-18(15-5-1-2-8-19-15)23-13-6-10-24(11-7-13)17-14-4-3-9-20-16(14)21-12-22-17/h1-5,8-9,12-13H,6-7,10-11H2,(H,23,25). The van der Waals surface area contributed by atoms with E-state index in [9.17, 15) is 4.79 Å². The highest BCUT2D eigenvalue weighted by molar-refractivity contribution is 5.92. The number of piperidine rings is 1. The van der Waals surface area contributed by atoms with Gasteiger partial charge in [0.1, 0.15) is 17.8 Å². The second kappa shape index (κ2) is 6.80. The van der Waals surface area contributed by atoms with Crippen molar-refractivity contribution in [2.75, 3.05) is 18.0 Å². The lowest BCUT2D eigenvalue weighted by atomic mass is 10.0. The summed E-state index contributed by atoms with van der Waals surface area (Å²) in [5.74, 6) is 0.795. The SMILES string of the molecule is O=C(NC1CCN(c2ncnc3ncccc23)CC1)c1ccccn1. The first kappa shape index (κ1) is 15.4. The number of hydrogen-bond donors (Lipinski definition) is 1. The first-order valence-electron chi connectivity index (χ1n) is 8.34. The highest BCUT2D eigenvalue weighted by Gasteiger charge is 2.23. The summed E-state index contributed by atoms with van der Waals surface area (Å²) in [5.41, 5.74) is 1.16. The van der Waals surface area contributed by atoms with Crippen LogP contribution in [0.2, 0.25) is 0 Å². The molecule has 0 saturated carbocycles. The summed E-state index contributed by atoms with van der Waals surface area (Å²) in [5, 5.41) is 4.03. The van der Waals surface area contributed by atoms with Crippen LogP contribution in [-0.2, 0) is 0 Å². The molecule has 25 heavy (non-hydrogen) atoms. The Morgan fingerprint density at radius 2 is 1.84 bits per heavy atom. The van der Waals surface area contributed by atoms with Gasteiger partial charge in [-0.2, -0.15) is 0 Å². The Morgan fingerprint density at radius 3 is 2.64 bits per heavy atom. The van der Waals surface area contributed by atoms with Gasteiger partial charge in [-0.1, -0.05) is 6.07 Å². The predicted molar refractivity (Wildman–Crippen MR) is 94.3 cm³/mol. The van der Waals surface area contributed by atoms with Crippen LogP contribution in [0.5, 0.6) is 0 Å². The van der Waals surface area contributed by atoms with Gasteiger partial charge in [0.05, 0.1) is 5.39 Å². The van der Waals surface area contributed by atoms with Crippen molar-refractivity contribution in [2.45, 2.75) is 18.9 Å². The van der Waals surface area contributed by atoms with Crippen LogP contribution in [0.15, 0.2) is 49.1 Å². The highest BCUT2D eigenvalue weighted by atomic mass is 16.1. The average Bonchev–Trinajstić information content (AvgIpc) is 2.69. The summed E-state index contributed by atoms with van der Waals surface area (Å²) in [6.45, 7) is 1.66. The molecule has 126 valence electrons. The maximum atomic E-state index is 12.2. The summed E-state index contributed by atoms with van der Waals surface area (Å²) in [7, 11) is 0. The summed E-state index contributed by atoms with van der Waals surface area (Å²) in [4.78, 5) is 31.5. The molecule has 7 heteroatoms. The fraction of sp³-hybridized carbons (Fsp3) is 0.278. The second-order valence-corrected chi connectivity index (χ2v) is 6.02. The van der Waals surface area contributed by atoms with Crippen molar-refractivity contribution >= 4 is 22.8 Å². The van der Waals surface area contributed by atoms with E-state index in [4.69, 9.17) is 0 Å². The fourth-order valence-electron chi connectivity index (χ4n) is 3.13. The zero-order chi connectivity index (χ0) is 17.1. The summed E-state index contributed by atoms with van der Waals surface area (Å²) >= 11 is 0. The molecule has 0 aromatic carbocycles. The van der Waals surface area contributed by atoms with Gasteiger partial charge in [0, 0.05) is 31.5 Å². The van der Waals surface area contributed by atoms with Crippen molar-refractivity contribution in [3.63, 3.8) is 0 Å². The van der Waals surface area contributed by atoms with E-state index in [1.807, 2.05) is 18.2 Å². The molecule has 4 rings (SSSR count). The molecule has 0 unspecified atom stereocenters. The van der Waals surface area contributed by atoms with Crippen LogP contribution in [0.25, 0.3) is 11.0 Å². The van der Waals surface area contributed by atoms with Crippen LogP contribution in [0.4, 0.5) is 5.82 Å². The Hall–Kier alpha value is -3.09. The van der Waals surface area contributed by atoms with Crippen LogP contribution in [0.1, 0.15) is 23.3 Å². The third-order valence-electron chi connectivity index (χ3n) is 4.41. The quantitative estimate of drug-likeness (QED) is 0.786. The molecule has 1 saturated heterocycles. The number of pyridine rings is 2. The molecule has 1 aliphatic rings. The molecule has 1 N–H and O–H groups in total. The number of nitrogens with zero attached hydrogens (tertiary/aromatic N) is 5. The van der Waals surface area contributed by atoms with Crippen molar-refractivity contribution in [3.05, 3.63) is 54.7 Å². The molecular formula is C18H18N6O. The van der Waals surface area contributed by atoms with Crippen LogP contribution in [0.3, 0.4) is 0 Å². The van der Waals surface area contributed by atoms with E-state index >= 15 is 0 Å². The van der Waals surface area contributed by atoms with Gasteiger partial charge in [-0.05, 0) is 37.1 Å². The number of rotatable bonds is 3. The molecule has 0 radical (unpaired) electrons. The smallest absolute Gasteiger partial charge is 0.270 e. The van der Waals surface area contributed by atoms with E-state index in [0.717, 1.165) is 37.1 Å². The Labute approximate surface area is 145 Å². The molecule has 0 spiro atoms. The van der Waals surface area contributed by atoms with Gasteiger partial charge in [0.15, 0.2) is 5.65 Å². The first-order chi connectivity index (χ1) is 12.3. The van der Waals surface area contributed by atoms with Crippen molar-refractivity contribution in [1.29, 1.82) is 0 Å². The number of amides is 1. The van der Waals surface area contributed by atoms with E-state index in [2.05, 4.69) is 30.2 Å². The Balaban J connectivity index is 1.42. The van der Waals surface area contributed by atoms with E-state index < -0.39 is 0 Å². The molecule has 3 aromatic rings. The number of carbonyl (C=O) groups is 1. The summed E-state index contributed by atoms with van der Waals surface area (Å²) in [6, 6.07) is 9.39. The number of anilines is 1. The predicted octanol–water partition coefficient (Wildman–Crippen LogP) is 1.82. The molecule has 3 aromatic heterocycles. The van der Waals surface area contributed by atoms with Crippen molar-refractivity contribution in [1.82, 2.24) is 25.3 Å². The van der Waals surface area contributed by atoms with Gasteiger partial charge < -0.3 is 10.2 Å². The number of hydrogen-bond acceptors (Lipinski definition) is 6. The number of aromatic nitrogens is 4. The zero-order valence-corrected chi connectivity index (χ0v) is 13.7. The summed E-state index contributed by atoms with van der Waals surface area (Å²) < 4.78 is 0. The fourth-order valence-corrected chi connectivity index (χ4v) is 3.13. The van der Waals surface area contributed by atoms with E-state index in [1.165, 1.54) is 0 Å². The Morgan fingerprint density at radius 1 is 1.00 bits per heavy atom. The van der Waals surface area contributed by atoms with Gasteiger partial charge in [-0.15, -0.1) is 0 Å². The monoisotopic (exact) mass is 334 g/mol. The molecule has 0 atom stereocenters. The van der Waals surface area contributed by atoms with Crippen LogP contribution >= 0.6 is 0 Å². The third-order valence-corrected chi connectivity index (χ3v) is 4.41. The second-order valence-electron chi connectivity index (χ2n) is 6.02. The maximum absolute atomic E-state index is 12.2. The minimum Gasteiger partial charge on any atom is -0.356 e. The molecule has 7 nitrogen and oxygen atoms in total. The minimum absolute atomic E-state index is 0.115. The van der Waals surface area contributed by atoms with Gasteiger partial charge >= 0.3 is 0 Å². The lowest BCUT2D eigenvalue weighted by Crippen LogP contribution is -2.45. The Kier molecular flexibility index (Phi) is 4.20. The van der Waals surface area contributed by atoms with E-state index in [1.54, 1.807) is 30.9 Å². The molecule has 1 fully saturated rings. The largest absolute Gasteiger partial charge is 0.356 e. The lowest BCUT2D eigenvalue weighted by Gasteiger charge is -2.33. The van der Waals surface area contributed by atoms with Crippen LogP contribution in [0, 0.1) is 0 Å². The number of nitrogens with one attached hydrogen (secondary N) is 1. The van der Waals surface area contributed by atoms with Gasteiger partial charge in [0.2, 0.25) is 0 Å². The molecule has 1 amide bonds. The van der Waals surface area contributed by atoms with Crippen molar-refractivity contribution < 1.29 is 4.79 Å². The van der Waals surface area contributed by atoms with Gasteiger partial charge in [-0.3, -0.25) is 9.78 Å². The molecule has 0 aliphatic carbocycles. The Bertz CT molecular complexity index is 872. The summed E-state index contributed by atoms with van der Waals surface area (Å²) in [6.07, 6.45) is 6.65. The lowest BCUT2D eigenvalue weighted by molar-refractivity contribution is 0.0926. The van der Waals surface area contributed by atoms with Gasteiger partial charge in [0.25, 0.3) is 5.91 Å². The maximum Gasteiger partial charge on any atom is 0.270 e. The van der Waals surface area contributed by atoms with Crippen LogP contribution < -0.4 is 10.2 Å². The first-order valence-corrected chi connectivity index (χ1v) is 8.34. The van der Waals surface area contributed by atoms with Crippen LogP contribution in [-0.4, -0.2) is 45.0 Å². The molecule has 1 aliphatic heterocycles. The van der Waals surface area contributed by atoms with Crippen molar-refractivity contribution in [2.24, 2.45) is 0 Å². The number of carbonyl (C=O) groups excluding carboxylic acids is 1. The molecule has 4 heterocycles. The van der Waals surface area contributed by atoms with Crippen molar-refractivity contribution in [3.8, 4) is 0 Å². The van der Waals surface area contributed by atoms with E-state index in [0.29, 0.717) is 11.3 Å². The van der Waals surface area contributed by atoms with E-state index in [-0.39, 0.29) is 11.9 Å².